The standard InChI is InChI=1S/C14H7BrN2O2S/c15-13-12(9-5-6-20-11(9)7-16)8-3-1-2-4-10(8)17(13)14(18)19/h1-6H,(H,18,19). The van der Waals surface area contributed by atoms with Gasteiger partial charge in [0.1, 0.15) is 15.5 Å². The van der Waals surface area contributed by atoms with Gasteiger partial charge in [-0.3, -0.25) is 0 Å². The second-order valence-electron chi connectivity index (χ2n) is 4.08. The number of hydrogen-bond donors (Lipinski definition) is 1. The lowest BCUT2D eigenvalue weighted by atomic mass is 10.1. The fourth-order valence-electron chi connectivity index (χ4n) is 2.24. The number of nitriles is 1. The fourth-order valence-corrected chi connectivity index (χ4v) is 3.70. The number of nitrogens with zero attached hydrogens (tertiary/aromatic N) is 2. The Bertz CT molecular complexity index is 873. The Morgan fingerprint density at radius 2 is 2.10 bits per heavy atom. The summed E-state index contributed by atoms with van der Waals surface area (Å²) in [6, 6.07) is 11.2. The molecule has 0 atom stereocenters. The maximum absolute atomic E-state index is 11.4. The average Bonchev–Trinajstić information content (AvgIpc) is 2.98. The average molecular weight is 347 g/mol. The number of hydrogen-bond acceptors (Lipinski definition) is 3. The third kappa shape index (κ3) is 1.75. The topological polar surface area (TPSA) is 66.0 Å². The number of fused-ring (bicyclic) bond motifs is 1. The first-order valence-electron chi connectivity index (χ1n) is 5.65. The summed E-state index contributed by atoms with van der Waals surface area (Å²) in [6.45, 7) is 0. The van der Waals surface area contributed by atoms with Crippen LogP contribution in [0.2, 0.25) is 0 Å². The van der Waals surface area contributed by atoms with Crippen molar-refractivity contribution < 1.29 is 9.90 Å². The Morgan fingerprint density at radius 3 is 2.80 bits per heavy atom. The van der Waals surface area contributed by atoms with Crippen LogP contribution >= 0.6 is 27.3 Å². The summed E-state index contributed by atoms with van der Waals surface area (Å²) >= 11 is 4.70. The first-order valence-corrected chi connectivity index (χ1v) is 7.32. The molecule has 0 spiro atoms. The maximum Gasteiger partial charge on any atom is 0.416 e. The van der Waals surface area contributed by atoms with E-state index in [1.165, 1.54) is 15.9 Å². The third-order valence-electron chi connectivity index (χ3n) is 3.04. The van der Waals surface area contributed by atoms with Gasteiger partial charge in [0, 0.05) is 16.5 Å². The van der Waals surface area contributed by atoms with Crippen LogP contribution in [0.4, 0.5) is 4.79 Å². The van der Waals surface area contributed by atoms with Crippen LogP contribution in [0.1, 0.15) is 4.88 Å². The zero-order chi connectivity index (χ0) is 14.3. The highest BCUT2D eigenvalue weighted by atomic mass is 79.9. The first kappa shape index (κ1) is 12.9. The van der Waals surface area contributed by atoms with Gasteiger partial charge in [-0.05, 0) is 33.4 Å². The molecular weight excluding hydrogens is 340 g/mol. The molecule has 1 N–H and O–H groups in total. The molecule has 0 aliphatic rings. The lowest BCUT2D eigenvalue weighted by molar-refractivity contribution is 0.197. The van der Waals surface area contributed by atoms with Gasteiger partial charge in [-0.15, -0.1) is 11.3 Å². The van der Waals surface area contributed by atoms with Crippen molar-refractivity contribution in [2.75, 3.05) is 0 Å². The number of para-hydroxylation sites is 1. The minimum Gasteiger partial charge on any atom is -0.464 e. The van der Waals surface area contributed by atoms with Crippen molar-refractivity contribution in [2.24, 2.45) is 0 Å². The van der Waals surface area contributed by atoms with E-state index in [2.05, 4.69) is 22.0 Å². The normalized spacial score (nSPS) is 10.6. The monoisotopic (exact) mass is 346 g/mol. The molecule has 6 heteroatoms. The van der Waals surface area contributed by atoms with Gasteiger partial charge in [0.15, 0.2) is 0 Å². The summed E-state index contributed by atoms with van der Waals surface area (Å²) in [5.74, 6) is 0. The van der Waals surface area contributed by atoms with Crippen molar-refractivity contribution in [1.29, 1.82) is 5.26 Å². The number of aromatic nitrogens is 1. The van der Waals surface area contributed by atoms with E-state index in [-0.39, 0.29) is 0 Å². The van der Waals surface area contributed by atoms with Crippen molar-refractivity contribution >= 4 is 44.3 Å². The van der Waals surface area contributed by atoms with Crippen LogP contribution in [0.25, 0.3) is 22.0 Å². The SMILES string of the molecule is N#Cc1sccc1-c1c(Br)n(C(=O)O)c2ccccc12. The molecule has 3 aromatic rings. The van der Waals surface area contributed by atoms with Crippen molar-refractivity contribution in [1.82, 2.24) is 4.57 Å². The number of benzene rings is 1. The van der Waals surface area contributed by atoms with E-state index in [0.29, 0.717) is 15.0 Å². The highest BCUT2D eigenvalue weighted by Crippen LogP contribution is 2.40. The Morgan fingerprint density at radius 1 is 1.35 bits per heavy atom. The van der Waals surface area contributed by atoms with Crippen molar-refractivity contribution in [3.05, 3.63) is 45.2 Å². The molecule has 1 aromatic carbocycles. The number of thiophene rings is 1. The van der Waals surface area contributed by atoms with Crippen LogP contribution in [-0.4, -0.2) is 15.8 Å². The second kappa shape index (κ2) is 4.78. The smallest absolute Gasteiger partial charge is 0.416 e. The van der Waals surface area contributed by atoms with E-state index >= 15 is 0 Å². The molecular formula is C14H7BrN2O2S. The molecule has 20 heavy (non-hydrogen) atoms. The van der Waals surface area contributed by atoms with E-state index < -0.39 is 6.09 Å². The second-order valence-corrected chi connectivity index (χ2v) is 5.74. The molecule has 0 aliphatic heterocycles. The molecule has 0 bridgehead atoms. The van der Waals surface area contributed by atoms with Gasteiger partial charge in [-0.2, -0.15) is 5.26 Å². The molecule has 2 heterocycles. The molecule has 2 aromatic heterocycles. The number of carboxylic acid groups (broad SMARTS) is 1. The molecule has 0 saturated heterocycles. The van der Waals surface area contributed by atoms with Crippen LogP contribution < -0.4 is 0 Å². The number of rotatable bonds is 1. The largest absolute Gasteiger partial charge is 0.464 e. The van der Waals surface area contributed by atoms with Crippen LogP contribution in [0.3, 0.4) is 0 Å². The Balaban J connectivity index is 2.46. The zero-order valence-corrected chi connectivity index (χ0v) is 12.4. The molecule has 0 fully saturated rings. The minimum atomic E-state index is -1.06. The highest BCUT2D eigenvalue weighted by Gasteiger charge is 2.22. The van der Waals surface area contributed by atoms with Gasteiger partial charge in [-0.1, -0.05) is 18.2 Å². The van der Waals surface area contributed by atoms with Crippen LogP contribution in [0.5, 0.6) is 0 Å². The Labute approximate surface area is 126 Å². The van der Waals surface area contributed by atoms with Crippen LogP contribution in [0, 0.1) is 11.3 Å². The summed E-state index contributed by atoms with van der Waals surface area (Å²) in [4.78, 5) is 12.0. The van der Waals surface area contributed by atoms with Gasteiger partial charge in [0.05, 0.1) is 5.52 Å². The molecule has 0 amide bonds. The highest BCUT2D eigenvalue weighted by molar-refractivity contribution is 9.10. The lowest BCUT2D eigenvalue weighted by Crippen LogP contribution is -2.07. The molecule has 0 radical (unpaired) electrons. The van der Waals surface area contributed by atoms with Crippen LogP contribution in [0.15, 0.2) is 40.3 Å². The predicted molar refractivity (Wildman–Crippen MR) is 81.1 cm³/mol. The molecule has 3 rings (SSSR count). The number of carbonyl (C=O) groups is 1. The summed E-state index contributed by atoms with van der Waals surface area (Å²) in [5.41, 5.74) is 2.08. The summed E-state index contributed by atoms with van der Waals surface area (Å²) in [5, 5.41) is 21.2. The van der Waals surface area contributed by atoms with E-state index in [1.807, 2.05) is 23.6 Å². The quantitative estimate of drug-likeness (QED) is 0.703. The molecule has 4 nitrogen and oxygen atoms in total. The summed E-state index contributed by atoms with van der Waals surface area (Å²) < 4.78 is 1.63. The molecule has 0 saturated carbocycles. The number of halogens is 1. The van der Waals surface area contributed by atoms with E-state index in [9.17, 15) is 9.90 Å². The van der Waals surface area contributed by atoms with Gasteiger partial charge in [0.25, 0.3) is 0 Å². The van der Waals surface area contributed by atoms with Crippen LogP contribution in [-0.2, 0) is 0 Å². The van der Waals surface area contributed by atoms with Gasteiger partial charge >= 0.3 is 6.09 Å². The first-order chi connectivity index (χ1) is 9.65. The van der Waals surface area contributed by atoms with Gasteiger partial charge in [-0.25, -0.2) is 9.36 Å². The fraction of sp³-hybridized carbons (Fsp3) is 0. The summed E-state index contributed by atoms with van der Waals surface area (Å²) in [7, 11) is 0. The van der Waals surface area contributed by atoms with Crippen molar-refractivity contribution in [3.8, 4) is 17.2 Å². The summed E-state index contributed by atoms with van der Waals surface area (Å²) in [6.07, 6.45) is -1.06. The zero-order valence-electron chi connectivity index (χ0n) is 10.0. The third-order valence-corrected chi connectivity index (χ3v) is 4.61. The molecule has 0 unspecified atom stereocenters. The lowest BCUT2D eigenvalue weighted by Gasteiger charge is -2.00. The van der Waals surface area contributed by atoms with E-state index in [0.717, 1.165) is 16.5 Å². The van der Waals surface area contributed by atoms with Crippen molar-refractivity contribution in [3.63, 3.8) is 0 Å². The maximum atomic E-state index is 11.4. The van der Waals surface area contributed by atoms with Crippen molar-refractivity contribution in [2.45, 2.75) is 0 Å². The predicted octanol–water partition coefficient (Wildman–Crippen LogP) is 4.53. The Hall–Kier alpha value is -2.10. The van der Waals surface area contributed by atoms with Gasteiger partial charge < -0.3 is 5.11 Å². The molecule has 0 aliphatic carbocycles. The van der Waals surface area contributed by atoms with E-state index in [4.69, 9.17) is 5.26 Å². The minimum absolute atomic E-state index is 0.445. The van der Waals surface area contributed by atoms with E-state index in [1.54, 1.807) is 12.1 Å². The Kier molecular flexibility index (Phi) is 3.08. The van der Waals surface area contributed by atoms with Gasteiger partial charge in [0.2, 0.25) is 0 Å². The molecule has 98 valence electrons.